The first-order valence-corrected chi connectivity index (χ1v) is 9.64. The third-order valence-corrected chi connectivity index (χ3v) is 5.66. The lowest BCUT2D eigenvalue weighted by molar-refractivity contribution is -0.139. The van der Waals surface area contributed by atoms with Gasteiger partial charge in [0.05, 0.1) is 12.0 Å². The second-order valence-corrected chi connectivity index (χ2v) is 8.00. The third-order valence-electron chi connectivity index (χ3n) is 4.09. The number of sulfonamides is 1. The van der Waals surface area contributed by atoms with Crippen LogP contribution in [0.3, 0.4) is 0 Å². The minimum Gasteiger partial charge on any atom is -0.496 e. The Hall–Kier alpha value is -2.38. The van der Waals surface area contributed by atoms with Gasteiger partial charge in [-0.3, -0.25) is 4.79 Å². The number of carboxylic acid groups (broad SMARTS) is 1. The largest absolute Gasteiger partial charge is 0.496 e. The van der Waals surface area contributed by atoms with Gasteiger partial charge in [-0.2, -0.15) is 4.72 Å². The van der Waals surface area contributed by atoms with E-state index in [1.165, 1.54) is 7.11 Å². The summed E-state index contributed by atoms with van der Waals surface area (Å²) in [5, 5.41) is 9.48. The minimum absolute atomic E-state index is 0.0453. The zero-order valence-corrected chi connectivity index (χ0v) is 16.0. The molecule has 26 heavy (non-hydrogen) atoms. The lowest BCUT2D eigenvalue weighted by Gasteiger charge is -2.19. The molecule has 1 atom stereocenters. The van der Waals surface area contributed by atoms with Crippen molar-refractivity contribution in [3.8, 4) is 5.75 Å². The van der Waals surface area contributed by atoms with E-state index in [1.54, 1.807) is 49.4 Å². The number of carboxylic acids is 1. The molecule has 0 saturated heterocycles. The number of benzene rings is 2. The average Bonchev–Trinajstić information content (AvgIpc) is 2.59. The van der Waals surface area contributed by atoms with E-state index in [1.807, 2.05) is 13.8 Å². The van der Waals surface area contributed by atoms with Crippen molar-refractivity contribution in [3.63, 3.8) is 0 Å². The molecular weight excluding hydrogens is 354 g/mol. The molecule has 2 N–H and O–H groups in total. The number of methoxy groups -OCH3 is 1. The molecule has 0 amide bonds. The number of aliphatic carboxylic acids is 1. The van der Waals surface area contributed by atoms with Gasteiger partial charge >= 0.3 is 5.97 Å². The first-order chi connectivity index (χ1) is 12.2. The fraction of sp³-hybridized carbons (Fsp3) is 0.316. The Morgan fingerprint density at radius 1 is 1.15 bits per heavy atom. The fourth-order valence-electron chi connectivity index (χ4n) is 2.72. The van der Waals surface area contributed by atoms with Crippen LogP contribution < -0.4 is 9.46 Å². The Balaban J connectivity index is 2.49. The molecule has 0 aliphatic heterocycles. The molecule has 0 heterocycles. The number of aryl methyl sites for hydroxylation is 1. The molecule has 2 aromatic carbocycles. The first-order valence-electron chi connectivity index (χ1n) is 8.16. The Kier molecular flexibility index (Phi) is 6.05. The van der Waals surface area contributed by atoms with Gasteiger partial charge in [0, 0.05) is 0 Å². The normalized spacial score (nSPS) is 12.8. The molecule has 140 valence electrons. The molecule has 0 saturated carbocycles. The van der Waals surface area contributed by atoms with Gasteiger partial charge in [0.1, 0.15) is 11.8 Å². The van der Waals surface area contributed by atoms with Crippen molar-refractivity contribution in [3.05, 3.63) is 59.2 Å². The molecule has 0 radical (unpaired) electrons. The molecule has 7 heteroatoms. The van der Waals surface area contributed by atoms with E-state index in [-0.39, 0.29) is 10.8 Å². The van der Waals surface area contributed by atoms with Crippen molar-refractivity contribution in [1.29, 1.82) is 0 Å². The molecule has 0 aliphatic rings. The van der Waals surface area contributed by atoms with Gasteiger partial charge in [0.15, 0.2) is 0 Å². The van der Waals surface area contributed by atoms with E-state index in [0.29, 0.717) is 16.9 Å². The van der Waals surface area contributed by atoms with E-state index in [9.17, 15) is 18.3 Å². The highest BCUT2D eigenvalue weighted by atomic mass is 32.2. The Morgan fingerprint density at radius 3 is 2.27 bits per heavy atom. The summed E-state index contributed by atoms with van der Waals surface area (Å²) < 4.78 is 33.4. The highest BCUT2D eigenvalue weighted by Crippen LogP contribution is 2.32. The maximum Gasteiger partial charge on any atom is 0.326 e. The molecular formula is C19H23NO5S. The summed E-state index contributed by atoms with van der Waals surface area (Å²) in [7, 11) is -2.52. The molecule has 0 aliphatic carbocycles. The third kappa shape index (κ3) is 4.23. The quantitative estimate of drug-likeness (QED) is 0.773. The molecule has 2 rings (SSSR count). The van der Waals surface area contributed by atoms with Crippen molar-refractivity contribution in [2.45, 2.75) is 37.6 Å². The Bertz CT molecular complexity index is 892. The number of nitrogens with one attached hydrogen (secondary N) is 1. The van der Waals surface area contributed by atoms with Gasteiger partial charge in [-0.1, -0.05) is 44.2 Å². The van der Waals surface area contributed by atoms with Crippen LogP contribution in [0.1, 0.15) is 42.5 Å². The molecule has 0 aromatic heterocycles. The fourth-order valence-corrected chi connectivity index (χ4v) is 4.16. The number of hydrogen-bond donors (Lipinski definition) is 2. The number of hydrogen-bond acceptors (Lipinski definition) is 4. The molecule has 0 bridgehead atoms. The summed E-state index contributed by atoms with van der Waals surface area (Å²) >= 11 is 0. The Labute approximate surface area is 153 Å². The van der Waals surface area contributed by atoms with Gasteiger partial charge in [0.25, 0.3) is 0 Å². The van der Waals surface area contributed by atoms with Crippen LogP contribution in [-0.4, -0.2) is 26.6 Å². The first kappa shape index (κ1) is 19.9. The van der Waals surface area contributed by atoms with Crippen LogP contribution in [0.2, 0.25) is 0 Å². The van der Waals surface area contributed by atoms with Crippen molar-refractivity contribution in [2.24, 2.45) is 0 Å². The van der Waals surface area contributed by atoms with Gasteiger partial charge in [-0.05, 0) is 41.7 Å². The Morgan fingerprint density at radius 2 is 1.77 bits per heavy atom. The van der Waals surface area contributed by atoms with Crippen LogP contribution in [0.25, 0.3) is 0 Å². The second kappa shape index (κ2) is 7.88. The summed E-state index contributed by atoms with van der Waals surface area (Å²) in [5.74, 6) is -0.617. The average molecular weight is 377 g/mol. The summed E-state index contributed by atoms with van der Waals surface area (Å²) in [6.07, 6.45) is 0. The minimum atomic E-state index is -4.05. The van der Waals surface area contributed by atoms with E-state index in [4.69, 9.17) is 4.74 Å². The van der Waals surface area contributed by atoms with Crippen LogP contribution in [0.15, 0.2) is 47.4 Å². The number of carbonyl (C=O) groups is 1. The van der Waals surface area contributed by atoms with Gasteiger partial charge in [0.2, 0.25) is 10.0 Å². The zero-order chi connectivity index (χ0) is 19.5. The number of ether oxygens (including phenoxy) is 1. The summed E-state index contributed by atoms with van der Waals surface area (Å²) in [4.78, 5) is 11.7. The van der Waals surface area contributed by atoms with Crippen LogP contribution in [0.4, 0.5) is 0 Å². The SMILES string of the molecule is COc1cc(C)c(S(=O)(=O)N[C@@H](C(=O)O)c2ccccc2)cc1C(C)C. The van der Waals surface area contributed by atoms with Gasteiger partial charge < -0.3 is 9.84 Å². The van der Waals surface area contributed by atoms with Crippen molar-refractivity contribution in [2.75, 3.05) is 7.11 Å². The standard InChI is InChI=1S/C19H23NO5S/c1-12(2)15-11-17(13(3)10-16(15)25-4)26(23,24)20-18(19(21)22)14-8-6-5-7-9-14/h5-12,18,20H,1-4H3,(H,21,22)/t18-/m1/s1. The van der Waals surface area contributed by atoms with E-state index in [0.717, 1.165) is 5.56 Å². The summed E-state index contributed by atoms with van der Waals surface area (Å²) in [5.41, 5.74) is 1.58. The predicted octanol–water partition coefficient (Wildman–Crippen LogP) is 3.23. The lowest BCUT2D eigenvalue weighted by atomic mass is 10.0. The lowest BCUT2D eigenvalue weighted by Crippen LogP contribution is -2.34. The summed E-state index contributed by atoms with van der Waals surface area (Å²) in [6.45, 7) is 5.52. The van der Waals surface area contributed by atoms with Crippen LogP contribution in [0.5, 0.6) is 5.75 Å². The summed E-state index contributed by atoms with van der Waals surface area (Å²) in [6, 6.07) is 10.0. The number of rotatable bonds is 7. The molecule has 6 nitrogen and oxygen atoms in total. The topological polar surface area (TPSA) is 92.7 Å². The van der Waals surface area contributed by atoms with E-state index in [2.05, 4.69) is 4.72 Å². The second-order valence-electron chi connectivity index (χ2n) is 6.32. The van der Waals surface area contributed by atoms with Crippen LogP contribution >= 0.6 is 0 Å². The van der Waals surface area contributed by atoms with Crippen molar-refractivity contribution < 1.29 is 23.1 Å². The van der Waals surface area contributed by atoms with Crippen LogP contribution in [0, 0.1) is 6.92 Å². The highest BCUT2D eigenvalue weighted by Gasteiger charge is 2.28. The molecule has 2 aromatic rings. The monoisotopic (exact) mass is 377 g/mol. The van der Waals surface area contributed by atoms with E-state index >= 15 is 0 Å². The van der Waals surface area contributed by atoms with Gasteiger partial charge in [-0.15, -0.1) is 0 Å². The highest BCUT2D eigenvalue weighted by molar-refractivity contribution is 7.89. The smallest absolute Gasteiger partial charge is 0.326 e. The maximum absolute atomic E-state index is 12.9. The van der Waals surface area contributed by atoms with E-state index < -0.39 is 22.0 Å². The van der Waals surface area contributed by atoms with Gasteiger partial charge in [-0.25, -0.2) is 8.42 Å². The predicted molar refractivity (Wildman–Crippen MR) is 99.0 cm³/mol. The zero-order valence-electron chi connectivity index (χ0n) is 15.2. The van der Waals surface area contributed by atoms with Crippen LogP contribution in [-0.2, 0) is 14.8 Å². The molecule has 0 unspecified atom stereocenters. The molecule has 0 fully saturated rings. The maximum atomic E-state index is 12.9. The molecule has 0 spiro atoms. The van der Waals surface area contributed by atoms with Crippen molar-refractivity contribution >= 4 is 16.0 Å². The van der Waals surface area contributed by atoms with Crippen molar-refractivity contribution in [1.82, 2.24) is 4.72 Å².